The van der Waals surface area contributed by atoms with Gasteiger partial charge in [0.2, 0.25) is 0 Å². The van der Waals surface area contributed by atoms with Crippen molar-refractivity contribution < 1.29 is 39.9 Å². The molecule has 0 spiro atoms. The number of ketones is 1. The van der Waals surface area contributed by atoms with E-state index in [0.29, 0.717) is 25.7 Å². The molecule has 0 aromatic carbocycles. The number of alkyl halides is 1. The molecule has 5 aliphatic carbocycles. The van der Waals surface area contributed by atoms with Crippen LogP contribution in [0.4, 0.5) is 0 Å². The van der Waals surface area contributed by atoms with Crippen LogP contribution in [0.1, 0.15) is 66.2 Å². The van der Waals surface area contributed by atoms with Gasteiger partial charge in [-0.15, -0.1) is 11.6 Å². The molecular formula is C28H39ClO8. The van der Waals surface area contributed by atoms with Gasteiger partial charge >= 0.3 is 5.97 Å². The molecule has 4 saturated carbocycles. The summed E-state index contributed by atoms with van der Waals surface area (Å²) in [5, 5.41) is 56.7. The van der Waals surface area contributed by atoms with Gasteiger partial charge in [-0.25, -0.2) is 0 Å². The number of aliphatic hydroxyl groups is 5. The predicted octanol–water partition coefficient (Wildman–Crippen LogP) is 1.47. The third-order valence-electron chi connectivity index (χ3n) is 12.8. The number of carbonyl (C=O) groups excluding carboxylic acids is 2. The molecule has 14 atom stereocenters. The van der Waals surface area contributed by atoms with Crippen LogP contribution in [0, 0.1) is 39.9 Å². The molecule has 2 bridgehead atoms. The Balaban J connectivity index is 1.40. The molecule has 5 N–H and O–H groups in total. The molecule has 0 radical (unpaired) electrons. The lowest BCUT2D eigenvalue weighted by Gasteiger charge is -2.65. The summed E-state index contributed by atoms with van der Waals surface area (Å²) in [7, 11) is 0. The number of carbonyl (C=O) groups is 2. The monoisotopic (exact) mass is 538 g/mol. The van der Waals surface area contributed by atoms with Gasteiger partial charge in [-0.05, 0) is 82.8 Å². The molecule has 206 valence electrons. The van der Waals surface area contributed by atoms with E-state index in [1.807, 2.05) is 6.92 Å². The fraction of sp³-hybridized carbons (Fsp3) is 0.857. The summed E-state index contributed by atoms with van der Waals surface area (Å²) in [6.07, 6.45) is 1.62. The molecule has 7 aliphatic rings. The molecule has 2 aliphatic heterocycles. The van der Waals surface area contributed by atoms with E-state index in [-0.39, 0.29) is 36.4 Å². The quantitative estimate of drug-likeness (QED) is 0.249. The van der Waals surface area contributed by atoms with Crippen LogP contribution in [-0.2, 0) is 14.3 Å². The highest BCUT2D eigenvalue weighted by Crippen LogP contribution is 2.71. The van der Waals surface area contributed by atoms with Crippen molar-refractivity contribution in [3.05, 3.63) is 12.2 Å². The fourth-order valence-corrected chi connectivity index (χ4v) is 10.7. The highest BCUT2D eigenvalue weighted by atomic mass is 35.5. The van der Waals surface area contributed by atoms with Crippen LogP contribution in [0.15, 0.2) is 12.2 Å². The van der Waals surface area contributed by atoms with Gasteiger partial charge in [-0.3, -0.25) is 9.59 Å². The Hall–Kier alpha value is -1.03. The van der Waals surface area contributed by atoms with Gasteiger partial charge in [-0.1, -0.05) is 6.92 Å². The Morgan fingerprint density at radius 1 is 0.946 bits per heavy atom. The van der Waals surface area contributed by atoms with E-state index in [2.05, 4.69) is 0 Å². The van der Waals surface area contributed by atoms with Crippen LogP contribution in [0.2, 0.25) is 0 Å². The molecule has 7 rings (SSSR count). The molecule has 2 saturated heterocycles. The number of hydrogen-bond donors (Lipinski definition) is 5. The predicted molar refractivity (Wildman–Crippen MR) is 132 cm³/mol. The zero-order valence-corrected chi connectivity index (χ0v) is 22.6. The van der Waals surface area contributed by atoms with E-state index in [4.69, 9.17) is 16.3 Å². The third-order valence-corrected chi connectivity index (χ3v) is 13.3. The minimum atomic E-state index is -1.81. The van der Waals surface area contributed by atoms with Crippen molar-refractivity contribution in [2.75, 3.05) is 0 Å². The molecule has 9 heteroatoms. The second-order valence-electron chi connectivity index (χ2n) is 13.9. The molecule has 0 unspecified atom stereocenters. The second kappa shape index (κ2) is 7.38. The van der Waals surface area contributed by atoms with E-state index < -0.39 is 68.6 Å². The molecular weight excluding hydrogens is 500 g/mol. The Morgan fingerprint density at radius 3 is 2.27 bits per heavy atom. The molecule has 2 heterocycles. The van der Waals surface area contributed by atoms with Crippen molar-refractivity contribution in [2.24, 2.45) is 39.9 Å². The average molecular weight is 539 g/mol. The van der Waals surface area contributed by atoms with Gasteiger partial charge in [0, 0.05) is 17.8 Å². The number of ether oxygens (including phenoxy) is 1. The van der Waals surface area contributed by atoms with Crippen LogP contribution >= 0.6 is 11.6 Å². The lowest BCUT2D eigenvalue weighted by molar-refractivity contribution is -0.280. The van der Waals surface area contributed by atoms with E-state index in [1.165, 1.54) is 12.2 Å². The van der Waals surface area contributed by atoms with Crippen molar-refractivity contribution in [3.8, 4) is 0 Å². The summed E-state index contributed by atoms with van der Waals surface area (Å²) in [5.74, 6) is -1.94. The first-order chi connectivity index (χ1) is 17.0. The Kier molecular flexibility index (Phi) is 5.22. The smallest absolute Gasteiger partial charge is 0.315 e. The van der Waals surface area contributed by atoms with Crippen molar-refractivity contribution in [3.63, 3.8) is 0 Å². The number of hydrogen-bond acceptors (Lipinski definition) is 8. The number of fused-ring (bicyclic) bond motifs is 8. The van der Waals surface area contributed by atoms with E-state index >= 15 is 0 Å². The third kappa shape index (κ3) is 2.69. The minimum Gasteiger partial charge on any atom is -0.461 e. The number of aliphatic hydroxyl groups excluding tert-OH is 2. The largest absolute Gasteiger partial charge is 0.461 e. The topological polar surface area (TPSA) is 145 Å². The Morgan fingerprint density at radius 2 is 1.62 bits per heavy atom. The van der Waals surface area contributed by atoms with Gasteiger partial charge in [0.05, 0.1) is 27.9 Å². The number of esters is 1. The lowest BCUT2D eigenvalue weighted by Crippen LogP contribution is -2.74. The molecule has 0 aromatic rings. The first kappa shape index (κ1) is 26.2. The summed E-state index contributed by atoms with van der Waals surface area (Å²) in [4.78, 5) is 26.1. The lowest BCUT2D eigenvalue weighted by atomic mass is 9.42. The number of rotatable bonds is 1. The van der Waals surface area contributed by atoms with E-state index in [9.17, 15) is 35.1 Å². The highest BCUT2D eigenvalue weighted by Gasteiger charge is 2.77. The minimum absolute atomic E-state index is 0.167. The summed E-state index contributed by atoms with van der Waals surface area (Å²) in [6, 6.07) is 0. The highest BCUT2D eigenvalue weighted by molar-refractivity contribution is 6.22. The van der Waals surface area contributed by atoms with Gasteiger partial charge in [0.25, 0.3) is 0 Å². The standard InChI is InChI=1S/C28H39ClO8/c1-23-8-7-14-13(9-18(29)28(36)20(31)6-5-19(30)26(14,28)4)15(23)10-21(32)27(23,35)16-11-24(2)22(33)37-17(16)12-25(24,3)34/h5-6,13-18,20-21,31-32,34-36H,7-12H2,1-4H3/t13-,14+,15+,16-,17-,18+,20+,21-,23+,24+,25+,26+,27-,28+/m1/s1. The van der Waals surface area contributed by atoms with Crippen molar-refractivity contribution >= 4 is 23.4 Å². The van der Waals surface area contributed by atoms with E-state index in [1.54, 1.807) is 20.8 Å². The zero-order chi connectivity index (χ0) is 27.1. The number of halogens is 1. The molecule has 37 heavy (non-hydrogen) atoms. The van der Waals surface area contributed by atoms with Crippen molar-refractivity contribution in [2.45, 2.75) is 107 Å². The van der Waals surface area contributed by atoms with Crippen LogP contribution < -0.4 is 0 Å². The summed E-state index contributed by atoms with van der Waals surface area (Å²) >= 11 is 6.80. The summed E-state index contributed by atoms with van der Waals surface area (Å²) < 4.78 is 5.73. The first-order valence-corrected chi connectivity index (χ1v) is 14.0. The maximum absolute atomic E-state index is 13.3. The molecule has 8 nitrogen and oxygen atoms in total. The number of allylic oxidation sites excluding steroid dienone is 1. The van der Waals surface area contributed by atoms with Crippen LogP contribution in [0.3, 0.4) is 0 Å². The Bertz CT molecular complexity index is 1090. The van der Waals surface area contributed by atoms with Gasteiger partial charge in [-0.2, -0.15) is 0 Å². The maximum Gasteiger partial charge on any atom is 0.315 e. The van der Waals surface area contributed by atoms with Crippen LogP contribution in [0.5, 0.6) is 0 Å². The summed E-state index contributed by atoms with van der Waals surface area (Å²) in [6.45, 7) is 7.00. The van der Waals surface area contributed by atoms with Crippen molar-refractivity contribution in [1.29, 1.82) is 0 Å². The van der Waals surface area contributed by atoms with Gasteiger partial charge in [0.1, 0.15) is 23.4 Å². The Labute approximate surface area is 222 Å². The van der Waals surface area contributed by atoms with Gasteiger partial charge < -0.3 is 30.3 Å². The molecule has 0 amide bonds. The molecule has 0 aromatic heterocycles. The van der Waals surface area contributed by atoms with Crippen LogP contribution in [0.25, 0.3) is 0 Å². The molecule has 6 fully saturated rings. The maximum atomic E-state index is 13.3. The fourth-order valence-electron chi connectivity index (χ4n) is 10.2. The van der Waals surface area contributed by atoms with Crippen LogP contribution in [-0.4, -0.2) is 77.8 Å². The SMILES string of the molecule is C[C@]1(O)C[C@H]2OC(=O)[C@]1(C)C[C@H]2[C@@]1(O)[C@H](O)C[C@H]2[C@@H]3C[C@H](Cl)[C@]4(O)[C@@H](O)C=CC(=O)[C@]4(C)[C@H]3CC[C@@]21C. The second-order valence-corrected chi connectivity index (χ2v) is 14.4. The van der Waals surface area contributed by atoms with E-state index in [0.717, 1.165) is 0 Å². The van der Waals surface area contributed by atoms with Gasteiger partial charge in [0.15, 0.2) is 5.78 Å². The first-order valence-electron chi connectivity index (χ1n) is 13.6. The normalized spacial score (nSPS) is 62.5. The zero-order valence-electron chi connectivity index (χ0n) is 21.9. The van der Waals surface area contributed by atoms with Crippen molar-refractivity contribution in [1.82, 2.24) is 0 Å². The summed E-state index contributed by atoms with van der Waals surface area (Å²) in [5.41, 5.74) is -7.90. The average Bonchev–Trinajstić information content (AvgIpc) is 3.02.